The number of rotatable bonds is 3. The second kappa shape index (κ2) is 4.19. The SMILES string of the molecule is COc1cc(C(=O)Cl)cc(O)c1OC. The van der Waals surface area contributed by atoms with E-state index in [4.69, 9.17) is 21.1 Å². The van der Waals surface area contributed by atoms with Crippen LogP contribution in [0.3, 0.4) is 0 Å². The van der Waals surface area contributed by atoms with E-state index < -0.39 is 5.24 Å². The summed E-state index contributed by atoms with van der Waals surface area (Å²) in [6, 6.07) is 2.62. The molecule has 0 unspecified atom stereocenters. The van der Waals surface area contributed by atoms with Crippen LogP contribution in [0.1, 0.15) is 10.4 Å². The monoisotopic (exact) mass is 216 g/mol. The summed E-state index contributed by atoms with van der Waals surface area (Å²) >= 11 is 5.25. The molecular formula is C9H9ClO4. The average Bonchev–Trinajstić information content (AvgIpc) is 2.16. The number of phenolic OH excluding ortho intramolecular Hbond substituents is 1. The molecule has 0 aliphatic rings. The lowest BCUT2D eigenvalue weighted by molar-refractivity contribution is 0.108. The third kappa shape index (κ3) is 1.90. The van der Waals surface area contributed by atoms with E-state index in [-0.39, 0.29) is 22.8 Å². The van der Waals surface area contributed by atoms with E-state index in [1.807, 2.05) is 0 Å². The van der Waals surface area contributed by atoms with Crippen LogP contribution in [0.5, 0.6) is 17.2 Å². The molecule has 0 saturated heterocycles. The Labute approximate surface area is 86.0 Å². The Hall–Kier alpha value is -1.42. The lowest BCUT2D eigenvalue weighted by atomic mass is 10.2. The van der Waals surface area contributed by atoms with Gasteiger partial charge in [0.1, 0.15) is 0 Å². The molecule has 0 amide bonds. The van der Waals surface area contributed by atoms with Crippen LogP contribution in [0.15, 0.2) is 12.1 Å². The molecule has 14 heavy (non-hydrogen) atoms. The number of halogens is 1. The van der Waals surface area contributed by atoms with Crippen LogP contribution in [0.2, 0.25) is 0 Å². The summed E-state index contributed by atoms with van der Waals surface area (Å²) in [5, 5.41) is 8.77. The van der Waals surface area contributed by atoms with Crippen LogP contribution in [-0.2, 0) is 0 Å². The summed E-state index contributed by atoms with van der Waals surface area (Å²) in [7, 11) is 2.79. The van der Waals surface area contributed by atoms with Gasteiger partial charge in [-0.2, -0.15) is 0 Å². The van der Waals surface area contributed by atoms with E-state index in [0.717, 1.165) is 0 Å². The first-order valence-electron chi connectivity index (χ1n) is 3.75. The van der Waals surface area contributed by atoms with Gasteiger partial charge >= 0.3 is 0 Å². The Morgan fingerprint density at radius 1 is 1.36 bits per heavy atom. The second-order valence-electron chi connectivity index (χ2n) is 2.50. The number of methoxy groups -OCH3 is 2. The van der Waals surface area contributed by atoms with Gasteiger partial charge in [-0.15, -0.1) is 0 Å². The number of carbonyl (C=O) groups excluding carboxylic acids is 1. The minimum Gasteiger partial charge on any atom is -0.504 e. The van der Waals surface area contributed by atoms with E-state index in [1.165, 1.54) is 26.4 Å². The van der Waals surface area contributed by atoms with E-state index in [2.05, 4.69) is 0 Å². The molecule has 0 atom stereocenters. The molecule has 0 saturated carbocycles. The van der Waals surface area contributed by atoms with Crippen molar-refractivity contribution in [1.82, 2.24) is 0 Å². The molecule has 1 aromatic rings. The summed E-state index contributed by atoms with van der Waals surface area (Å²) in [6.45, 7) is 0. The molecule has 0 radical (unpaired) electrons. The number of carbonyl (C=O) groups is 1. The summed E-state index contributed by atoms with van der Waals surface area (Å²) in [5.74, 6) is 0.251. The molecule has 0 aliphatic heterocycles. The van der Waals surface area contributed by atoms with Crippen molar-refractivity contribution < 1.29 is 19.4 Å². The Balaban J connectivity index is 3.31. The van der Waals surface area contributed by atoms with Crippen LogP contribution >= 0.6 is 11.6 Å². The molecular weight excluding hydrogens is 208 g/mol. The van der Waals surface area contributed by atoms with Crippen molar-refractivity contribution >= 4 is 16.8 Å². The predicted molar refractivity (Wildman–Crippen MR) is 51.4 cm³/mol. The molecule has 4 nitrogen and oxygen atoms in total. The van der Waals surface area contributed by atoms with Crippen LogP contribution < -0.4 is 9.47 Å². The number of benzene rings is 1. The van der Waals surface area contributed by atoms with Crippen molar-refractivity contribution in [2.24, 2.45) is 0 Å². The maximum atomic E-state index is 10.8. The molecule has 1 N–H and O–H groups in total. The smallest absolute Gasteiger partial charge is 0.252 e. The molecule has 76 valence electrons. The molecule has 1 rings (SSSR count). The number of aromatic hydroxyl groups is 1. The Kier molecular flexibility index (Phi) is 3.19. The summed E-state index contributed by atoms with van der Waals surface area (Å²) < 4.78 is 9.78. The van der Waals surface area contributed by atoms with Gasteiger partial charge in [0.05, 0.1) is 14.2 Å². The predicted octanol–water partition coefficient (Wildman–Crippen LogP) is 1.79. The zero-order valence-corrected chi connectivity index (χ0v) is 8.46. The van der Waals surface area contributed by atoms with Crippen LogP contribution in [0.4, 0.5) is 0 Å². The Morgan fingerprint density at radius 2 is 2.00 bits per heavy atom. The molecule has 0 bridgehead atoms. The van der Waals surface area contributed by atoms with Crippen molar-refractivity contribution in [2.45, 2.75) is 0 Å². The van der Waals surface area contributed by atoms with Crippen molar-refractivity contribution in [3.63, 3.8) is 0 Å². The first kappa shape index (κ1) is 10.7. The fourth-order valence-corrected chi connectivity index (χ4v) is 1.17. The van der Waals surface area contributed by atoms with Gasteiger partial charge in [-0.05, 0) is 23.7 Å². The summed E-state index contributed by atoms with van der Waals surface area (Å²) in [4.78, 5) is 10.8. The van der Waals surface area contributed by atoms with Gasteiger partial charge in [0.15, 0.2) is 11.5 Å². The Morgan fingerprint density at radius 3 is 2.43 bits per heavy atom. The normalized spacial score (nSPS) is 9.64. The van der Waals surface area contributed by atoms with E-state index in [0.29, 0.717) is 0 Å². The third-order valence-electron chi connectivity index (χ3n) is 1.69. The molecule has 0 fully saturated rings. The van der Waals surface area contributed by atoms with Crippen molar-refractivity contribution in [3.05, 3.63) is 17.7 Å². The lowest BCUT2D eigenvalue weighted by Crippen LogP contribution is -1.95. The number of ether oxygens (including phenoxy) is 2. The van der Waals surface area contributed by atoms with Gasteiger partial charge in [-0.3, -0.25) is 4.79 Å². The van der Waals surface area contributed by atoms with E-state index >= 15 is 0 Å². The maximum Gasteiger partial charge on any atom is 0.252 e. The highest BCUT2D eigenvalue weighted by molar-refractivity contribution is 6.67. The molecule has 5 heteroatoms. The van der Waals surface area contributed by atoms with Crippen molar-refractivity contribution in [2.75, 3.05) is 14.2 Å². The average molecular weight is 217 g/mol. The number of hydrogen-bond donors (Lipinski definition) is 1. The van der Waals surface area contributed by atoms with Gasteiger partial charge in [0, 0.05) is 5.56 Å². The molecule has 0 aromatic heterocycles. The topological polar surface area (TPSA) is 55.8 Å². The number of hydrogen-bond acceptors (Lipinski definition) is 4. The first-order valence-corrected chi connectivity index (χ1v) is 4.12. The van der Waals surface area contributed by atoms with E-state index in [1.54, 1.807) is 0 Å². The highest BCUT2D eigenvalue weighted by Crippen LogP contribution is 2.37. The van der Waals surface area contributed by atoms with E-state index in [9.17, 15) is 9.90 Å². The first-order chi connectivity index (χ1) is 6.60. The highest BCUT2D eigenvalue weighted by Gasteiger charge is 2.14. The molecule has 0 spiro atoms. The lowest BCUT2D eigenvalue weighted by Gasteiger charge is -2.09. The standard InChI is InChI=1S/C9H9ClO4/c1-13-7-4-5(9(10)12)3-6(11)8(7)14-2/h3-4,11H,1-2H3. The van der Waals surface area contributed by atoms with Gasteiger partial charge < -0.3 is 14.6 Å². The summed E-state index contributed by atoms with van der Waals surface area (Å²) in [5.41, 5.74) is 0.154. The fraction of sp³-hybridized carbons (Fsp3) is 0.222. The van der Waals surface area contributed by atoms with Crippen LogP contribution in [0.25, 0.3) is 0 Å². The van der Waals surface area contributed by atoms with Crippen LogP contribution in [0, 0.1) is 0 Å². The van der Waals surface area contributed by atoms with Gasteiger partial charge in [0.2, 0.25) is 5.75 Å². The third-order valence-corrected chi connectivity index (χ3v) is 1.90. The van der Waals surface area contributed by atoms with Crippen molar-refractivity contribution in [1.29, 1.82) is 0 Å². The van der Waals surface area contributed by atoms with Crippen molar-refractivity contribution in [3.8, 4) is 17.2 Å². The maximum absolute atomic E-state index is 10.8. The second-order valence-corrected chi connectivity index (χ2v) is 2.85. The zero-order valence-electron chi connectivity index (χ0n) is 7.70. The zero-order chi connectivity index (χ0) is 10.7. The van der Waals surface area contributed by atoms with Gasteiger partial charge in [-0.25, -0.2) is 0 Å². The molecule has 0 heterocycles. The van der Waals surface area contributed by atoms with Gasteiger partial charge in [0.25, 0.3) is 5.24 Å². The minimum absolute atomic E-state index is 0.154. The fourth-order valence-electron chi connectivity index (χ4n) is 1.06. The number of phenols is 1. The molecule has 0 aliphatic carbocycles. The highest BCUT2D eigenvalue weighted by atomic mass is 35.5. The summed E-state index contributed by atoms with van der Waals surface area (Å²) in [6.07, 6.45) is 0. The van der Waals surface area contributed by atoms with Crippen LogP contribution in [-0.4, -0.2) is 24.6 Å². The minimum atomic E-state index is -0.666. The molecule has 1 aromatic carbocycles. The largest absolute Gasteiger partial charge is 0.504 e. The quantitative estimate of drug-likeness (QED) is 0.783. The Bertz CT molecular complexity index is 362. The van der Waals surface area contributed by atoms with Gasteiger partial charge in [-0.1, -0.05) is 0 Å².